The fourth-order valence-electron chi connectivity index (χ4n) is 8.50. The minimum absolute atomic E-state index is 0.508. The van der Waals surface area contributed by atoms with Crippen LogP contribution in [0, 0.1) is 62.3 Å². The Morgan fingerprint density at radius 1 is 0.200 bits per heavy atom. The molecule has 0 aromatic heterocycles. The first-order valence-electron chi connectivity index (χ1n) is 23.7. The van der Waals surface area contributed by atoms with Crippen LogP contribution in [-0.2, 0) is 0 Å². The predicted octanol–water partition coefficient (Wildman–Crippen LogP) is 11.1. The van der Waals surface area contributed by atoms with E-state index in [0.717, 1.165) is 0 Å². The Morgan fingerprint density at radius 3 is 0.371 bits per heavy atom. The van der Waals surface area contributed by atoms with Crippen LogP contribution in [0.4, 0.5) is 0 Å². The molecule has 0 heterocycles. The highest BCUT2D eigenvalue weighted by Gasteiger charge is 2.23. The zero-order valence-electron chi connectivity index (χ0n) is 42.0. The van der Waals surface area contributed by atoms with Crippen LogP contribution in [0.15, 0.2) is 218 Å². The molecule has 0 bridgehead atoms. The summed E-state index contributed by atoms with van der Waals surface area (Å²) in [5.41, 5.74) is 12.4. The van der Waals surface area contributed by atoms with Crippen molar-refractivity contribution in [2.24, 2.45) is 0 Å². The summed E-state index contributed by atoms with van der Waals surface area (Å²) in [6, 6.07) is 79.2. The van der Waals surface area contributed by atoms with Crippen molar-refractivity contribution in [2.45, 2.75) is 62.3 Å². The highest BCUT2D eigenvalue weighted by Crippen LogP contribution is 2.38. The zero-order chi connectivity index (χ0) is 50.2. The van der Waals surface area contributed by atoms with Gasteiger partial charge in [0, 0.05) is 0 Å². The van der Waals surface area contributed by atoms with Crippen LogP contribution in [-0.4, -0.2) is 22.4 Å². The SMILES string of the molecule is Cc1ccccc1P(c1ccccc1C)c1ccccc1C.Cc1ccccc1P(c1ccccc1C)c1ccccc1C.Cc1ccccc1P(c1ccccc1C)c1ccccc1C.OB(O)O. The molecule has 0 aliphatic heterocycles. The summed E-state index contributed by atoms with van der Waals surface area (Å²) in [7, 11) is -3.69. The normalized spacial score (nSPS) is 10.7. The van der Waals surface area contributed by atoms with Gasteiger partial charge in [-0.3, -0.25) is 0 Å². The molecule has 70 heavy (non-hydrogen) atoms. The van der Waals surface area contributed by atoms with Crippen LogP contribution in [0.25, 0.3) is 0 Å². The Balaban J connectivity index is 0.000000166. The van der Waals surface area contributed by atoms with Crippen LogP contribution in [0.1, 0.15) is 50.1 Å². The Kier molecular flexibility index (Phi) is 20.2. The highest BCUT2D eigenvalue weighted by molar-refractivity contribution is 7.81. The standard InChI is InChI=1S/3C21H21P.BH3O3/c3*1-16-10-4-7-13-19(16)22(20-14-8-5-11-17(20)2)21-15-9-6-12-18(21)3;2-1(3)4/h3*4-15H,1-3H3;2-4H. The van der Waals surface area contributed by atoms with Crippen molar-refractivity contribution in [2.75, 3.05) is 0 Å². The maximum Gasteiger partial charge on any atom is 0.631 e. The first-order valence-corrected chi connectivity index (χ1v) is 27.8. The summed E-state index contributed by atoms with van der Waals surface area (Å²) in [6.45, 7) is 20.0. The molecule has 0 unspecified atom stereocenters. The van der Waals surface area contributed by atoms with Gasteiger partial charge < -0.3 is 15.1 Å². The van der Waals surface area contributed by atoms with E-state index in [1.165, 1.54) is 97.8 Å². The molecular weight excluding hydrogens is 908 g/mol. The third-order valence-corrected chi connectivity index (χ3v) is 21.1. The Hall–Kier alpha value is -5.79. The van der Waals surface area contributed by atoms with Gasteiger partial charge in [-0.2, -0.15) is 0 Å². The topological polar surface area (TPSA) is 60.7 Å². The fraction of sp³-hybridized carbons (Fsp3) is 0.143. The van der Waals surface area contributed by atoms with E-state index in [1.54, 1.807) is 0 Å². The molecule has 0 saturated heterocycles. The first-order chi connectivity index (χ1) is 33.8. The smallest absolute Gasteiger partial charge is 0.402 e. The van der Waals surface area contributed by atoms with E-state index < -0.39 is 31.1 Å². The van der Waals surface area contributed by atoms with E-state index in [0.29, 0.717) is 0 Å². The third-order valence-electron chi connectivity index (χ3n) is 12.2. The van der Waals surface area contributed by atoms with Crippen molar-refractivity contribution in [3.8, 4) is 0 Å². The van der Waals surface area contributed by atoms with Gasteiger partial charge in [0.15, 0.2) is 0 Å². The lowest BCUT2D eigenvalue weighted by atomic mass is 10.2. The van der Waals surface area contributed by atoms with Crippen molar-refractivity contribution in [1.82, 2.24) is 0 Å². The number of hydrogen-bond acceptors (Lipinski definition) is 3. The summed E-state index contributed by atoms with van der Waals surface area (Å²) >= 11 is 0. The molecule has 0 saturated carbocycles. The van der Waals surface area contributed by atoms with Gasteiger partial charge >= 0.3 is 7.32 Å². The number of hydrogen-bond donors (Lipinski definition) is 3. The zero-order valence-corrected chi connectivity index (χ0v) is 44.7. The van der Waals surface area contributed by atoms with Crippen LogP contribution < -0.4 is 47.7 Å². The molecule has 0 aliphatic carbocycles. The van der Waals surface area contributed by atoms with Gasteiger partial charge in [-0.25, -0.2) is 0 Å². The molecule has 9 rings (SSSR count). The summed E-state index contributed by atoms with van der Waals surface area (Å²) in [4.78, 5) is 0. The Morgan fingerprint density at radius 2 is 0.286 bits per heavy atom. The summed E-state index contributed by atoms with van der Waals surface area (Å²) in [5.74, 6) is 0. The average Bonchev–Trinajstić information content (AvgIpc) is 3.35. The summed E-state index contributed by atoms with van der Waals surface area (Å²) in [6.07, 6.45) is 0. The van der Waals surface area contributed by atoms with Gasteiger partial charge in [-0.1, -0.05) is 218 Å². The largest absolute Gasteiger partial charge is 0.631 e. The first kappa shape index (κ1) is 53.6. The van der Waals surface area contributed by atoms with Crippen molar-refractivity contribution >= 4 is 78.8 Å². The van der Waals surface area contributed by atoms with Crippen LogP contribution >= 0.6 is 23.8 Å². The van der Waals surface area contributed by atoms with Crippen molar-refractivity contribution in [1.29, 1.82) is 0 Å². The summed E-state index contributed by atoms with van der Waals surface area (Å²) < 4.78 is 0. The molecule has 3 nitrogen and oxygen atoms in total. The van der Waals surface area contributed by atoms with Gasteiger partial charge in [-0.15, -0.1) is 0 Å². The highest BCUT2D eigenvalue weighted by atomic mass is 31.1. The lowest BCUT2D eigenvalue weighted by Crippen LogP contribution is -2.25. The van der Waals surface area contributed by atoms with Crippen molar-refractivity contribution in [3.05, 3.63) is 268 Å². The van der Waals surface area contributed by atoms with Gasteiger partial charge in [0.1, 0.15) is 0 Å². The van der Waals surface area contributed by atoms with E-state index >= 15 is 0 Å². The predicted molar refractivity (Wildman–Crippen MR) is 310 cm³/mol. The van der Waals surface area contributed by atoms with Crippen LogP contribution in [0.5, 0.6) is 0 Å². The molecule has 0 aliphatic rings. The second-order valence-electron chi connectivity index (χ2n) is 17.4. The molecule has 0 amide bonds. The van der Waals surface area contributed by atoms with Gasteiger partial charge in [0.05, 0.1) is 0 Å². The lowest BCUT2D eigenvalue weighted by molar-refractivity contribution is 0.278. The Bertz CT molecular complexity index is 2440. The number of benzene rings is 9. The molecule has 354 valence electrons. The van der Waals surface area contributed by atoms with Gasteiger partial charge in [-0.05, 0) is 184 Å². The average molecular weight is 975 g/mol. The maximum atomic E-state index is 7.17. The van der Waals surface area contributed by atoms with E-state index in [4.69, 9.17) is 15.1 Å². The van der Waals surface area contributed by atoms with Crippen molar-refractivity contribution in [3.63, 3.8) is 0 Å². The molecule has 9 aromatic rings. The minimum atomic E-state index is -2.17. The summed E-state index contributed by atoms with van der Waals surface area (Å²) in [5, 5.41) is 34.6. The molecule has 0 radical (unpaired) electrons. The molecular formula is C63H66BO3P3. The van der Waals surface area contributed by atoms with Crippen LogP contribution in [0.3, 0.4) is 0 Å². The molecule has 3 N–H and O–H groups in total. The van der Waals surface area contributed by atoms with E-state index in [-0.39, 0.29) is 0 Å². The van der Waals surface area contributed by atoms with Gasteiger partial charge in [0.2, 0.25) is 0 Å². The second-order valence-corrected chi connectivity index (χ2v) is 23.8. The van der Waals surface area contributed by atoms with Crippen molar-refractivity contribution < 1.29 is 15.1 Å². The maximum absolute atomic E-state index is 7.17. The number of aryl methyl sites for hydroxylation is 9. The second kappa shape index (κ2) is 26.4. The Labute approximate surface area is 422 Å². The number of rotatable bonds is 9. The van der Waals surface area contributed by atoms with E-state index in [2.05, 4.69) is 281 Å². The molecule has 0 atom stereocenters. The van der Waals surface area contributed by atoms with Gasteiger partial charge in [0.25, 0.3) is 0 Å². The van der Waals surface area contributed by atoms with E-state index in [1.807, 2.05) is 0 Å². The lowest BCUT2D eigenvalue weighted by Gasteiger charge is -2.24. The molecule has 7 heteroatoms. The fourth-order valence-corrected chi connectivity index (χ4v) is 16.8. The molecule has 0 spiro atoms. The quantitative estimate of drug-likeness (QED) is 0.0998. The molecule has 9 aromatic carbocycles. The van der Waals surface area contributed by atoms with E-state index in [9.17, 15) is 0 Å². The minimum Gasteiger partial charge on any atom is -0.402 e. The molecule has 0 fully saturated rings. The third kappa shape index (κ3) is 14.0. The monoisotopic (exact) mass is 974 g/mol. The van der Waals surface area contributed by atoms with Crippen LogP contribution in [0.2, 0.25) is 0 Å².